The van der Waals surface area contributed by atoms with Gasteiger partial charge in [-0.25, -0.2) is 9.78 Å². The Kier molecular flexibility index (Phi) is 9.95. The Morgan fingerprint density at radius 1 is 1.62 bits per heavy atom. The van der Waals surface area contributed by atoms with Crippen molar-refractivity contribution in [3.63, 3.8) is 0 Å². The van der Waals surface area contributed by atoms with Crippen molar-refractivity contribution in [1.82, 2.24) is 9.55 Å². The van der Waals surface area contributed by atoms with E-state index in [2.05, 4.69) is 20.9 Å². The maximum absolute atomic E-state index is 11.4. The number of aromatic nitrogens is 2. The highest BCUT2D eigenvalue weighted by Crippen LogP contribution is 2.10. The lowest BCUT2D eigenvalue weighted by Crippen LogP contribution is -2.17. The van der Waals surface area contributed by atoms with Crippen LogP contribution in [0.15, 0.2) is 10.8 Å². The van der Waals surface area contributed by atoms with Gasteiger partial charge < -0.3 is 15.0 Å². The van der Waals surface area contributed by atoms with Crippen LogP contribution >= 0.6 is 40.7 Å². The van der Waals surface area contributed by atoms with Crippen LogP contribution in [0.25, 0.3) is 0 Å². The van der Waals surface area contributed by atoms with Gasteiger partial charge in [0.1, 0.15) is 4.60 Å². The molecule has 0 radical (unpaired) electrons. The van der Waals surface area contributed by atoms with Crippen molar-refractivity contribution in [3.05, 3.63) is 16.6 Å². The maximum Gasteiger partial charge on any atom is 0.374 e. The summed E-state index contributed by atoms with van der Waals surface area (Å²) in [7, 11) is 0. The molecule has 0 aliphatic carbocycles. The van der Waals surface area contributed by atoms with Crippen molar-refractivity contribution in [1.29, 1.82) is 0 Å². The number of nitrogens with zero attached hydrogens (tertiary/aromatic N) is 2. The number of imidazole rings is 1. The molecule has 0 spiro atoms. The van der Waals surface area contributed by atoms with Crippen molar-refractivity contribution in [2.24, 2.45) is 5.73 Å². The fourth-order valence-corrected chi connectivity index (χ4v) is 1.47. The number of carbonyl (C=O) groups is 1. The topological polar surface area (TPSA) is 70.1 Å². The molecule has 0 aromatic carbocycles. The van der Waals surface area contributed by atoms with E-state index in [0.29, 0.717) is 24.3 Å². The Morgan fingerprint density at radius 2 is 2.25 bits per heavy atom. The maximum atomic E-state index is 11.4. The monoisotopic (exact) mass is 333 g/mol. The molecule has 0 fully saturated rings. The number of hydrogen-bond donors (Lipinski definition) is 1. The number of carbonyl (C=O) groups excluding carboxylic acids is 1. The van der Waals surface area contributed by atoms with Crippen LogP contribution in [0.2, 0.25) is 0 Å². The molecule has 0 saturated heterocycles. The third-order valence-electron chi connectivity index (χ3n) is 1.58. The van der Waals surface area contributed by atoms with E-state index in [4.69, 9.17) is 10.5 Å². The summed E-state index contributed by atoms with van der Waals surface area (Å²) in [5.41, 5.74) is 5.40. The van der Waals surface area contributed by atoms with Gasteiger partial charge in [0, 0.05) is 19.3 Å². The van der Waals surface area contributed by atoms with Gasteiger partial charge in [-0.15, -0.1) is 24.8 Å². The molecule has 0 unspecified atom stereocenters. The van der Waals surface area contributed by atoms with Crippen LogP contribution in [0.5, 0.6) is 0 Å². The van der Waals surface area contributed by atoms with Crippen LogP contribution in [0.3, 0.4) is 0 Å². The second-order valence-corrected chi connectivity index (χ2v) is 3.40. The lowest BCUT2D eigenvalue weighted by molar-refractivity contribution is 0.0506. The summed E-state index contributed by atoms with van der Waals surface area (Å²) in [5, 5.41) is 0. The minimum Gasteiger partial charge on any atom is -0.460 e. The molecule has 1 heterocycles. The molecule has 16 heavy (non-hydrogen) atoms. The number of hydrogen-bond acceptors (Lipinski definition) is 4. The van der Waals surface area contributed by atoms with Gasteiger partial charge in [0.15, 0.2) is 0 Å². The second-order valence-electron chi connectivity index (χ2n) is 2.59. The van der Waals surface area contributed by atoms with E-state index in [1.807, 2.05) is 0 Å². The van der Waals surface area contributed by atoms with Gasteiger partial charge in [-0.1, -0.05) is 0 Å². The lowest BCUT2D eigenvalue weighted by Gasteiger charge is -2.04. The van der Waals surface area contributed by atoms with Gasteiger partial charge in [0.05, 0.1) is 6.61 Å². The molecular weight excluding hydrogens is 321 g/mol. The zero-order valence-corrected chi connectivity index (χ0v) is 11.9. The molecular formula is C8H14BrCl2N3O2. The van der Waals surface area contributed by atoms with Crippen molar-refractivity contribution < 1.29 is 9.53 Å². The van der Waals surface area contributed by atoms with Crippen LogP contribution in [0.4, 0.5) is 0 Å². The summed E-state index contributed by atoms with van der Waals surface area (Å²) < 4.78 is 7.12. The molecule has 94 valence electrons. The fourth-order valence-electron chi connectivity index (χ4n) is 1.05. The van der Waals surface area contributed by atoms with Crippen molar-refractivity contribution in [2.75, 3.05) is 13.2 Å². The van der Waals surface area contributed by atoms with Gasteiger partial charge >= 0.3 is 5.97 Å². The molecule has 0 amide bonds. The highest BCUT2D eigenvalue weighted by molar-refractivity contribution is 9.10. The Morgan fingerprint density at radius 3 is 2.75 bits per heavy atom. The molecule has 0 aliphatic heterocycles. The van der Waals surface area contributed by atoms with E-state index in [1.165, 1.54) is 0 Å². The van der Waals surface area contributed by atoms with Gasteiger partial charge in [0.2, 0.25) is 5.82 Å². The highest BCUT2D eigenvalue weighted by atomic mass is 79.9. The average Bonchev–Trinajstić information content (AvgIpc) is 2.48. The first-order valence-corrected chi connectivity index (χ1v) is 5.08. The molecule has 0 aliphatic rings. The number of esters is 1. The van der Waals surface area contributed by atoms with Crippen LogP contribution < -0.4 is 5.73 Å². The minimum absolute atomic E-state index is 0. The van der Waals surface area contributed by atoms with Gasteiger partial charge in [-0.2, -0.15) is 0 Å². The quantitative estimate of drug-likeness (QED) is 0.849. The summed E-state index contributed by atoms with van der Waals surface area (Å²) >= 11 is 3.19. The molecule has 0 bridgehead atoms. The highest BCUT2D eigenvalue weighted by Gasteiger charge is 2.15. The number of nitrogens with two attached hydrogens (primary N) is 1. The van der Waals surface area contributed by atoms with Crippen LogP contribution in [-0.2, 0) is 11.3 Å². The summed E-state index contributed by atoms with van der Waals surface area (Å²) in [6.07, 6.45) is 1.71. The summed E-state index contributed by atoms with van der Waals surface area (Å²) in [4.78, 5) is 15.4. The molecule has 1 aromatic rings. The first-order valence-electron chi connectivity index (χ1n) is 4.29. The Hall–Kier alpha value is -0.300. The largest absolute Gasteiger partial charge is 0.460 e. The second kappa shape index (κ2) is 8.81. The molecule has 2 N–H and O–H groups in total. The summed E-state index contributed by atoms with van der Waals surface area (Å²) in [5.74, 6) is -0.143. The van der Waals surface area contributed by atoms with E-state index in [9.17, 15) is 4.79 Å². The standard InChI is InChI=1S/C8H12BrN3O2.2ClH/c1-2-14-8(13)7-11-6(9)5-12(7)4-3-10;;/h5H,2-4,10H2,1H3;2*1H. The Labute approximate surface area is 115 Å². The zero-order chi connectivity index (χ0) is 10.6. The summed E-state index contributed by atoms with van der Waals surface area (Å²) in [6.45, 7) is 3.09. The van der Waals surface area contributed by atoms with Crippen LogP contribution in [0.1, 0.15) is 17.5 Å². The van der Waals surface area contributed by atoms with E-state index >= 15 is 0 Å². The molecule has 5 nitrogen and oxygen atoms in total. The van der Waals surface area contributed by atoms with Crippen LogP contribution in [0, 0.1) is 0 Å². The van der Waals surface area contributed by atoms with E-state index < -0.39 is 5.97 Å². The van der Waals surface area contributed by atoms with Gasteiger partial charge in [-0.3, -0.25) is 0 Å². The molecule has 1 aromatic heterocycles. The van der Waals surface area contributed by atoms with E-state index in [0.717, 1.165) is 0 Å². The third-order valence-corrected chi connectivity index (χ3v) is 1.96. The van der Waals surface area contributed by atoms with E-state index in [-0.39, 0.29) is 30.6 Å². The fraction of sp³-hybridized carbons (Fsp3) is 0.500. The smallest absolute Gasteiger partial charge is 0.374 e. The minimum atomic E-state index is -0.424. The van der Waals surface area contributed by atoms with Crippen molar-refractivity contribution >= 4 is 46.7 Å². The number of ether oxygens (including phenoxy) is 1. The Bertz CT molecular complexity index is 333. The van der Waals surface area contributed by atoms with Gasteiger partial charge in [-0.05, 0) is 22.9 Å². The molecule has 1 rings (SSSR count). The predicted octanol–water partition coefficient (Wildman–Crippen LogP) is 1.62. The number of halogens is 3. The van der Waals surface area contributed by atoms with E-state index in [1.54, 1.807) is 17.7 Å². The van der Waals surface area contributed by atoms with Gasteiger partial charge in [0.25, 0.3) is 0 Å². The zero-order valence-electron chi connectivity index (χ0n) is 8.68. The van der Waals surface area contributed by atoms with Crippen LogP contribution in [-0.4, -0.2) is 28.7 Å². The van der Waals surface area contributed by atoms with Crippen molar-refractivity contribution in [2.45, 2.75) is 13.5 Å². The SMILES string of the molecule is CCOC(=O)c1nc(Br)cn1CCN.Cl.Cl. The predicted molar refractivity (Wildman–Crippen MR) is 69.4 cm³/mol. The normalized spacial score (nSPS) is 8.94. The number of rotatable bonds is 4. The van der Waals surface area contributed by atoms with Crippen molar-refractivity contribution in [3.8, 4) is 0 Å². The lowest BCUT2D eigenvalue weighted by atomic mass is 10.5. The third kappa shape index (κ3) is 4.69. The Balaban J connectivity index is 0. The summed E-state index contributed by atoms with van der Waals surface area (Å²) in [6, 6.07) is 0. The first kappa shape index (κ1) is 18.1. The average molecular weight is 335 g/mol. The first-order chi connectivity index (χ1) is 6.69. The molecule has 0 saturated carbocycles. The molecule has 0 atom stereocenters. The molecule has 8 heteroatoms.